The van der Waals surface area contributed by atoms with Crippen LogP contribution in [-0.2, 0) is 22.4 Å². The fraction of sp³-hybridized carbons (Fsp3) is 0.529. The molecular weight excluding hydrogens is 266 g/mol. The van der Waals surface area contributed by atoms with Gasteiger partial charge in [-0.3, -0.25) is 9.59 Å². The Kier molecular flexibility index (Phi) is 7.69. The quantitative estimate of drug-likeness (QED) is 0.649. The Morgan fingerprint density at radius 3 is 2.29 bits per heavy atom. The van der Waals surface area contributed by atoms with Gasteiger partial charge in [-0.1, -0.05) is 50.5 Å². The summed E-state index contributed by atoms with van der Waals surface area (Å²) in [6.07, 6.45) is 5.86. The molecule has 0 fully saturated rings. The molecule has 1 aromatic carbocycles. The lowest BCUT2D eigenvalue weighted by Gasteiger charge is -2.07. The summed E-state index contributed by atoms with van der Waals surface area (Å²) < 4.78 is 0. The molecule has 116 valence electrons. The number of unbranched alkanes of at least 4 members (excludes halogenated alkanes) is 3. The highest BCUT2D eigenvalue weighted by molar-refractivity contribution is 5.80. The minimum Gasteiger partial charge on any atom is -0.480 e. The van der Waals surface area contributed by atoms with E-state index in [-0.39, 0.29) is 5.78 Å². The first-order valence-corrected chi connectivity index (χ1v) is 7.60. The number of aliphatic carboxylic acids is 1. The Hall–Kier alpha value is -1.68. The van der Waals surface area contributed by atoms with Crippen molar-refractivity contribution in [1.82, 2.24) is 0 Å². The van der Waals surface area contributed by atoms with Crippen LogP contribution in [0.3, 0.4) is 0 Å². The van der Waals surface area contributed by atoms with Gasteiger partial charge in [-0.25, -0.2) is 0 Å². The molecule has 4 nitrogen and oxygen atoms in total. The van der Waals surface area contributed by atoms with E-state index in [9.17, 15) is 9.59 Å². The van der Waals surface area contributed by atoms with Crippen LogP contribution in [0.25, 0.3) is 0 Å². The second-order valence-corrected chi connectivity index (χ2v) is 5.49. The monoisotopic (exact) mass is 291 g/mol. The van der Waals surface area contributed by atoms with Crippen molar-refractivity contribution in [2.75, 3.05) is 0 Å². The molecule has 0 aromatic heterocycles. The van der Waals surface area contributed by atoms with Gasteiger partial charge in [-0.2, -0.15) is 0 Å². The number of nitrogens with two attached hydrogens (primary N) is 1. The standard InChI is InChI=1S/C17H25NO3/c1-2-3-4-5-6-15(19)11-13-7-9-14(10-8-13)12-16(18)17(20)21/h7-10,16H,2-6,11-12,18H2,1H3,(H,20,21)/t16-/m0/s1. The van der Waals surface area contributed by atoms with E-state index in [1.807, 2.05) is 24.3 Å². The largest absolute Gasteiger partial charge is 0.480 e. The maximum absolute atomic E-state index is 11.8. The Labute approximate surface area is 126 Å². The molecule has 3 N–H and O–H groups in total. The van der Waals surface area contributed by atoms with Crippen LogP contribution in [0.4, 0.5) is 0 Å². The third-order valence-electron chi connectivity index (χ3n) is 3.51. The normalized spacial score (nSPS) is 12.1. The first kappa shape index (κ1) is 17.4. The number of carboxylic acids is 1. The molecule has 0 unspecified atom stereocenters. The van der Waals surface area contributed by atoms with Crippen molar-refractivity contribution in [1.29, 1.82) is 0 Å². The average molecular weight is 291 g/mol. The number of carbonyl (C=O) groups excluding carboxylic acids is 1. The molecule has 4 heteroatoms. The molecule has 0 bridgehead atoms. The first-order chi connectivity index (χ1) is 10.0. The summed E-state index contributed by atoms with van der Waals surface area (Å²) in [5.74, 6) is -0.734. The molecule has 1 aromatic rings. The van der Waals surface area contributed by atoms with Crippen LogP contribution >= 0.6 is 0 Å². The fourth-order valence-electron chi connectivity index (χ4n) is 2.20. The number of carboxylic acid groups (broad SMARTS) is 1. The topological polar surface area (TPSA) is 80.4 Å². The van der Waals surface area contributed by atoms with E-state index < -0.39 is 12.0 Å². The van der Waals surface area contributed by atoms with Crippen LogP contribution in [-0.4, -0.2) is 22.9 Å². The van der Waals surface area contributed by atoms with E-state index in [0.717, 1.165) is 24.0 Å². The number of hydrogen-bond acceptors (Lipinski definition) is 3. The number of rotatable bonds is 10. The molecule has 0 aliphatic rings. The zero-order chi connectivity index (χ0) is 15.7. The van der Waals surface area contributed by atoms with Gasteiger partial charge < -0.3 is 10.8 Å². The van der Waals surface area contributed by atoms with Crippen LogP contribution < -0.4 is 5.73 Å². The van der Waals surface area contributed by atoms with Gasteiger partial charge in [0.1, 0.15) is 11.8 Å². The van der Waals surface area contributed by atoms with E-state index in [1.165, 1.54) is 12.8 Å². The molecule has 0 radical (unpaired) electrons. The van der Waals surface area contributed by atoms with Crippen molar-refractivity contribution in [3.63, 3.8) is 0 Å². The number of carbonyl (C=O) groups is 2. The van der Waals surface area contributed by atoms with Crippen LogP contribution in [0.1, 0.15) is 50.2 Å². The molecule has 0 saturated heterocycles. The molecule has 0 heterocycles. The SMILES string of the molecule is CCCCCCC(=O)Cc1ccc(C[C@H](N)C(=O)O)cc1. The van der Waals surface area contributed by atoms with Gasteiger partial charge in [0.25, 0.3) is 0 Å². The maximum atomic E-state index is 11.8. The lowest BCUT2D eigenvalue weighted by Crippen LogP contribution is -2.32. The molecule has 0 amide bonds. The van der Waals surface area contributed by atoms with Crippen molar-refractivity contribution < 1.29 is 14.7 Å². The van der Waals surface area contributed by atoms with Gasteiger partial charge in [-0.15, -0.1) is 0 Å². The minimum absolute atomic E-state index is 0.265. The number of benzene rings is 1. The van der Waals surface area contributed by atoms with Crippen LogP contribution in [0.2, 0.25) is 0 Å². The molecule has 0 saturated carbocycles. The number of Topliss-reactive ketones (excluding diaryl/α,β-unsaturated/α-hetero) is 1. The van der Waals surface area contributed by atoms with Gasteiger partial charge in [0, 0.05) is 12.8 Å². The Morgan fingerprint density at radius 2 is 1.71 bits per heavy atom. The summed E-state index contributed by atoms with van der Waals surface area (Å²) in [4.78, 5) is 22.5. The van der Waals surface area contributed by atoms with E-state index in [0.29, 0.717) is 19.3 Å². The molecule has 0 aliphatic carbocycles. The third-order valence-corrected chi connectivity index (χ3v) is 3.51. The summed E-state index contributed by atoms with van der Waals surface area (Å²) in [5.41, 5.74) is 7.35. The average Bonchev–Trinajstić information content (AvgIpc) is 2.45. The van der Waals surface area contributed by atoms with Gasteiger partial charge in [0.15, 0.2) is 0 Å². The summed E-state index contributed by atoms with van der Waals surface area (Å²) in [6.45, 7) is 2.15. The highest BCUT2D eigenvalue weighted by Crippen LogP contribution is 2.10. The summed E-state index contributed by atoms with van der Waals surface area (Å²) in [5, 5.41) is 8.77. The molecule has 1 atom stereocenters. The summed E-state index contributed by atoms with van der Waals surface area (Å²) >= 11 is 0. The minimum atomic E-state index is -0.999. The zero-order valence-corrected chi connectivity index (χ0v) is 12.7. The van der Waals surface area contributed by atoms with E-state index >= 15 is 0 Å². The Balaban J connectivity index is 2.40. The zero-order valence-electron chi connectivity index (χ0n) is 12.7. The molecule has 0 spiro atoms. The Morgan fingerprint density at radius 1 is 1.10 bits per heavy atom. The number of ketones is 1. The van der Waals surface area contributed by atoms with Crippen molar-refractivity contribution >= 4 is 11.8 Å². The van der Waals surface area contributed by atoms with Gasteiger partial charge in [0.2, 0.25) is 0 Å². The van der Waals surface area contributed by atoms with Crippen LogP contribution in [0, 0.1) is 0 Å². The van der Waals surface area contributed by atoms with E-state index in [1.54, 1.807) is 0 Å². The maximum Gasteiger partial charge on any atom is 0.320 e. The molecular formula is C17H25NO3. The lowest BCUT2D eigenvalue weighted by molar-refractivity contribution is -0.138. The third kappa shape index (κ3) is 7.04. The first-order valence-electron chi connectivity index (χ1n) is 7.60. The van der Waals surface area contributed by atoms with Gasteiger partial charge in [-0.05, 0) is 24.0 Å². The molecule has 1 rings (SSSR count). The fourth-order valence-corrected chi connectivity index (χ4v) is 2.20. The van der Waals surface area contributed by atoms with E-state index in [2.05, 4.69) is 6.92 Å². The summed E-state index contributed by atoms with van der Waals surface area (Å²) in [6, 6.07) is 6.59. The smallest absolute Gasteiger partial charge is 0.320 e. The second-order valence-electron chi connectivity index (χ2n) is 5.49. The number of hydrogen-bond donors (Lipinski definition) is 2. The summed E-state index contributed by atoms with van der Waals surface area (Å²) in [7, 11) is 0. The predicted octanol–water partition coefficient (Wildman–Crippen LogP) is 2.72. The molecule has 0 aliphatic heterocycles. The van der Waals surface area contributed by atoms with Crippen LogP contribution in [0.5, 0.6) is 0 Å². The molecule has 21 heavy (non-hydrogen) atoms. The van der Waals surface area contributed by atoms with Crippen LogP contribution in [0.15, 0.2) is 24.3 Å². The highest BCUT2D eigenvalue weighted by atomic mass is 16.4. The van der Waals surface area contributed by atoms with Crippen molar-refractivity contribution in [3.05, 3.63) is 35.4 Å². The second kappa shape index (κ2) is 9.29. The van der Waals surface area contributed by atoms with Crippen molar-refractivity contribution in [3.8, 4) is 0 Å². The van der Waals surface area contributed by atoms with E-state index in [4.69, 9.17) is 10.8 Å². The van der Waals surface area contributed by atoms with Gasteiger partial charge in [0.05, 0.1) is 0 Å². The van der Waals surface area contributed by atoms with Crippen molar-refractivity contribution in [2.45, 2.75) is 57.9 Å². The van der Waals surface area contributed by atoms with Gasteiger partial charge >= 0.3 is 5.97 Å². The predicted molar refractivity (Wildman–Crippen MR) is 83.2 cm³/mol. The van der Waals surface area contributed by atoms with Crippen molar-refractivity contribution in [2.24, 2.45) is 5.73 Å². The Bertz CT molecular complexity index is 454. The highest BCUT2D eigenvalue weighted by Gasteiger charge is 2.12. The lowest BCUT2D eigenvalue weighted by atomic mass is 10.0.